The summed E-state index contributed by atoms with van der Waals surface area (Å²) in [6, 6.07) is 2.01. The first-order valence-electron chi connectivity index (χ1n) is 4.92. The summed E-state index contributed by atoms with van der Waals surface area (Å²) < 4.78 is 0. The second kappa shape index (κ2) is 3.83. The average Bonchev–Trinajstić information content (AvgIpc) is 2.02. The molecule has 1 aliphatic heterocycles. The molecule has 1 aromatic rings. The van der Waals surface area contributed by atoms with Crippen LogP contribution < -0.4 is 5.32 Å². The zero-order valence-corrected chi connectivity index (χ0v) is 7.95. The highest BCUT2D eigenvalue weighted by Gasteiger charge is 2.21. The van der Waals surface area contributed by atoms with Crippen molar-refractivity contribution in [2.45, 2.75) is 25.7 Å². The van der Waals surface area contributed by atoms with Gasteiger partial charge in [0.2, 0.25) is 0 Å². The molecule has 1 N–H and O–H groups in total. The van der Waals surface area contributed by atoms with Crippen LogP contribution in [0, 0.1) is 0 Å². The van der Waals surface area contributed by atoms with E-state index >= 15 is 0 Å². The van der Waals surface area contributed by atoms with Gasteiger partial charge in [-0.3, -0.25) is 0 Å². The lowest BCUT2D eigenvalue weighted by atomic mass is 10.0. The van der Waals surface area contributed by atoms with E-state index < -0.39 is 0 Å². The molecule has 0 aliphatic carbocycles. The second-order valence-corrected chi connectivity index (χ2v) is 3.51. The highest BCUT2D eigenvalue weighted by Crippen LogP contribution is 2.15. The summed E-state index contributed by atoms with van der Waals surface area (Å²) in [7, 11) is 0. The van der Waals surface area contributed by atoms with Gasteiger partial charge < -0.3 is 5.32 Å². The predicted octanol–water partition coefficient (Wildman–Crippen LogP) is 1.12. The molecule has 0 unspecified atom stereocenters. The van der Waals surface area contributed by atoms with Gasteiger partial charge in [0.1, 0.15) is 5.82 Å². The van der Waals surface area contributed by atoms with Gasteiger partial charge in [-0.1, -0.05) is 13.3 Å². The molecule has 0 saturated carbocycles. The number of aryl methyl sites for hydroxylation is 1. The fourth-order valence-electron chi connectivity index (χ4n) is 1.48. The Bertz CT molecular complexity index is 281. The molecule has 0 bridgehead atoms. The van der Waals surface area contributed by atoms with Gasteiger partial charge in [-0.2, -0.15) is 0 Å². The quantitative estimate of drug-likeness (QED) is 0.751. The van der Waals surface area contributed by atoms with Crippen molar-refractivity contribution >= 4 is 0 Å². The van der Waals surface area contributed by atoms with Gasteiger partial charge in [-0.25, -0.2) is 9.97 Å². The fraction of sp³-hybridized carbons (Fsp3) is 0.600. The minimum Gasteiger partial charge on any atom is -0.315 e. The Morgan fingerprint density at radius 1 is 1.54 bits per heavy atom. The third-order valence-corrected chi connectivity index (χ3v) is 2.38. The van der Waals surface area contributed by atoms with Gasteiger partial charge in [0.25, 0.3) is 0 Å². The average molecular weight is 177 g/mol. The van der Waals surface area contributed by atoms with Crippen molar-refractivity contribution in [3.8, 4) is 0 Å². The van der Waals surface area contributed by atoms with Crippen LogP contribution in [0.3, 0.4) is 0 Å². The van der Waals surface area contributed by atoms with Gasteiger partial charge in [0.05, 0.1) is 0 Å². The number of nitrogens with one attached hydrogen (secondary N) is 1. The van der Waals surface area contributed by atoms with Crippen LogP contribution in [0.15, 0.2) is 12.3 Å². The monoisotopic (exact) mass is 177 g/mol. The molecule has 3 heteroatoms. The lowest BCUT2D eigenvalue weighted by molar-refractivity contribution is 0.428. The van der Waals surface area contributed by atoms with E-state index in [4.69, 9.17) is 0 Å². The van der Waals surface area contributed by atoms with E-state index in [9.17, 15) is 0 Å². The third kappa shape index (κ3) is 1.86. The Morgan fingerprint density at radius 3 is 3.00 bits per heavy atom. The highest BCUT2D eigenvalue weighted by molar-refractivity contribution is 5.09. The van der Waals surface area contributed by atoms with E-state index in [2.05, 4.69) is 22.2 Å². The van der Waals surface area contributed by atoms with Crippen molar-refractivity contribution in [2.24, 2.45) is 0 Å². The van der Waals surface area contributed by atoms with Crippen molar-refractivity contribution in [1.82, 2.24) is 15.3 Å². The first-order valence-corrected chi connectivity index (χ1v) is 4.92. The minimum atomic E-state index is 0.553. The molecule has 0 radical (unpaired) electrons. The SMILES string of the molecule is CCCc1ccnc(C2CNC2)n1. The molecule has 13 heavy (non-hydrogen) atoms. The molecule has 0 aromatic carbocycles. The molecule has 1 aromatic heterocycles. The van der Waals surface area contributed by atoms with Crippen LogP contribution in [0.5, 0.6) is 0 Å². The van der Waals surface area contributed by atoms with Crippen LogP contribution in [0.1, 0.15) is 30.8 Å². The van der Waals surface area contributed by atoms with E-state index in [-0.39, 0.29) is 0 Å². The van der Waals surface area contributed by atoms with Gasteiger partial charge in [0, 0.05) is 30.9 Å². The Balaban J connectivity index is 2.11. The number of hydrogen-bond donors (Lipinski definition) is 1. The highest BCUT2D eigenvalue weighted by atomic mass is 15.0. The fourth-order valence-corrected chi connectivity index (χ4v) is 1.48. The zero-order valence-electron chi connectivity index (χ0n) is 7.95. The molecule has 0 amide bonds. The minimum absolute atomic E-state index is 0.553. The number of nitrogens with zero attached hydrogens (tertiary/aromatic N) is 2. The molecular formula is C10H15N3. The summed E-state index contributed by atoms with van der Waals surface area (Å²) in [5.41, 5.74) is 1.18. The summed E-state index contributed by atoms with van der Waals surface area (Å²) in [5, 5.41) is 3.23. The molecule has 2 rings (SSSR count). The second-order valence-electron chi connectivity index (χ2n) is 3.51. The molecule has 1 fully saturated rings. The molecule has 0 spiro atoms. The van der Waals surface area contributed by atoms with Crippen molar-refractivity contribution in [3.63, 3.8) is 0 Å². The van der Waals surface area contributed by atoms with Crippen molar-refractivity contribution in [2.75, 3.05) is 13.1 Å². The van der Waals surface area contributed by atoms with E-state index in [1.807, 2.05) is 12.3 Å². The van der Waals surface area contributed by atoms with Gasteiger partial charge in [-0.05, 0) is 12.5 Å². The zero-order chi connectivity index (χ0) is 9.10. The van der Waals surface area contributed by atoms with Crippen LogP contribution in [0.25, 0.3) is 0 Å². The van der Waals surface area contributed by atoms with Crippen molar-refractivity contribution in [1.29, 1.82) is 0 Å². The topological polar surface area (TPSA) is 37.8 Å². The predicted molar refractivity (Wildman–Crippen MR) is 51.6 cm³/mol. The smallest absolute Gasteiger partial charge is 0.134 e. The van der Waals surface area contributed by atoms with Crippen molar-refractivity contribution in [3.05, 3.63) is 23.8 Å². The van der Waals surface area contributed by atoms with Crippen LogP contribution in [0.2, 0.25) is 0 Å². The largest absolute Gasteiger partial charge is 0.315 e. The third-order valence-electron chi connectivity index (χ3n) is 2.38. The maximum Gasteiger partial charge on any atom is 0.134 e. The molecular weight excluding hydrogens is 162 g/mol. The number of rotatable bonds is 3. The molecule has 2 heterocycles. The number of hydrogen-bond acceptors (Lipinski definition) is 3. The number of aromatic nitrogens is 2. The lowest BCUT2D eigenvalue weighted by Gasteiger charge is -2.25. The van der Waals surface area contributed by atoms with Crippen LogP contribution in [-0.2, 0) is 6.42 Å². The molecule has 1 saturated heterocycles. The summed E-state index contributed by atoms with van der Waals surface area (Å²) in [4.78, 5) is 8.83. The summed E-state index contributed by atoms with van der Waals surface area (Å²) in [5.74, 6) is 1.57. The maximum absolute atomic E-state index is 4.53. The summed E-state index contributed by atoms with van der Waals surface area (Å²) in [6.07, 6.45) is 4.10. The molecule has 70 valence electrons. The van der Waals surface area contributed by atoms with Gasteiger partial charge in [0.15, 0.2) is 0 Å². The lowest BCUT2D eigenvalue weighted by Crippen LogP contribution is -2.40. The van der Waals surface area contributed by atoms with E-state index in [0.717, 1.165) is 31.8 Å². The molecule has 0 atom stereocenters. The van der Waals surface area contributed by atoms with Gasteiger partial charge >= 0.3 is 0 Å². The first-order chi connectivity index (χ1) is 6.40. The standard InChI is InChI=1S/C10H15N3/c1-2-3-9-4-5-12-10(13-9)8-6-11-7-8/h4-5,8,11H,2-3,6-7H2,1H3. The van der Waals surface area contributed by atoms with Crippen molar-refractivity contribution < 1.29 is 0 Å². The van der Waals surface area contributed by atoms with Gasteiger partial charge in [-0.15, -0.1) is 0 Å². The Labute approximate surface area is 78.6 Å². The summed E-state index contributed by atoms with van der Waals surface area (Å²) >= 11 is 0. The van der Waals surface area contributed by atoms with Crippen LogP contribution in [-0.4, -0.2) is 23.1 Å². The Hall–Kier alpha value is -0.960. The van der Waals surface area contributed by atoms with Crippen LogP contribution in [0.4, 0.5) is 0 Å². The Kier molecular flexibility index (Phi) is 2.54. The first kappa shape index (κ1) is 8.63. The molecule has 3 nitrogen and oxygen atoms in total. The van der Waals surface area contributed by atoms with Crippen LogP contribution >= 0.6 is 0 Å². The van der Waals surface area contributed by atoms with E-state index in [1.54, 1.807) is 0 Å². The normalized spacial score (nSPS) is 17.0. The Morgan fingerprint density at radius 2 is 2.38 bits per heavy atom. The summed E-state index contributed by atoms with van der Waals surface area (Å²) in [6.45, 7) is 4.25. The molecule has 1 aliphatic rings. The van der Waals surface area contributed by atoms with E-state index in [1.165, 1.54) is 5.69 Å². The maximum atomic E-state index is 4.53. The van der Waals surface area contributed by atoms with E-state index in [0.29, 0.717) is 5.92 Å².